The largest absolute Gasteiger partial charge is 0.373 e. The summed E-state index contributed by atoms with van der Waals surface area (Å²) in [6.45, 7) is 6.17. The summed E-state index contributed by atoms with van der Waals surface area (Å²) >= 11 is 0. The highest BCUT2D eigenvalue weighted by atomic mass is 16.5. The summed E-state index contributed by atoms with van der Waals surface area (Å²) in [4.78, 5) is 25.7. The van der Waals surface area contributed by atoms with Crippen LogP contribution in [0.25, 0.3) is 0 Å². The molecule has 0 spiro atoms. The standard InChI is InChI=1S/C19H24O3/c1-10-19(2,3)15-17(21)16(20)14-12-7-5-4-6-11(12)8-9-13(14)18(15)22-10/h8,10,13,15,18H,4-7,9H2,1-3H3. The lowest BCUT2D eigenvalue weighted by atomic mass is 9.61. The fourth-order valence-corrected chi connectivity index (χ4v) is 4.93. The number of fused-ring (bicyclic) bond motifs is 4. The van der Waals surface area contributed by atoms with Crippen molar-refractivity contribution in [2.24, 2.45) is 17.3 Å². The second-order valence-electron chi connectivity index (χ2n) is 7.91. The Morgan fingerprint density at radius 3 is 2.68 bits per heavy atom. The number of ether oxygens (including phenoxy) is 1. The topological polar surface area (TPSA) is 43.4 Å². The minimum atomic E-state index is -0.275. The van der Waals surface area contributed by atoms with E-state index in [-0.39, 0.29) is 41.0 Å². The number of hydrogen-bond donors (Lipinski definition) is 0. The zero-order valence-corrected chi connectivity index (χ0v) is 13.6. The fourth-order valence-electron chi connectivity index (χ4n) is 4.93. The van der Waals surface area contributed by atoms with Gasteiger partial charge in [-0.25, -0.2) is 0 Å². The first-order valence-corrected chi connectivity index (χ1v) is 8.59. The molecule has 0 radical (unpaired) electrons. The second-order valence-corrected chi connectivity index (χ2v) is 7.91. The van der Waals surface area contributed by atoms with Gasteiger partial charge in [-0.2, -0.15) is 0 Å². The minimum absolute atomic E-state index is 0.0142. The third kappa shape index (κ3) is 1.72. The molecule has 1 saturated heterocycles. The molecular formula is C19H24O3. The quantitative estimate of drug-likeness (QED) is 0.644. The van der Waals surface area contributed by atoms with E-state index in [2.05, 4.69) is 19.9 Å². The molecule has 22 heavy (non-hydrogen) atoms. The Kier molecular flexibility index (Phi) is 3.03. The van der Waals surface area contributed by atoms with Crippen LogP contribution in [0.4, 0.5) is 0 Å². The van der Waals surface area contributed by atoms with Crippen molar-refractivity contribution in [2.45, 2.75) is 65.1 Å². The van der Waals surface area contributed by atoms with Crippen molar-refractivity contribution in [1.82, 2.24) is 0 Å². The molecule has 0 aromatic rings. The Morgan fingerprint density at radius 2 is 1.91 bits per heavy atom. The van der Waals surface area contributed by atoms with Crippen LogP contribution in [0.1, 0.15) is 52.9 Å². The van der Waals surface area contributed by atoms with Crippen LogP contribution < -0.4 is 0 Å². The van der Waals surface area contributed by atoms with Crippen LogP contribution in [0.15, 0.2) is 22.8 Å². The van der Waals surface area contributed by atoms with Gasteiger partial charge in [0.05, 0.1) is 18.1 Å². The van der Waals surface area contributed by atoms with Crippen molar-refractivity contribution < 1.29 is 14.3 Å². The number of carbonyl (C=O) groups excluding carboxylic acids is 2. The Hall–Kier alpha value is -1.22. The highest BCUT2D eigenvalue weighted by Gasteiger charge is 2.60. The zero-order chi connectivity index (χ0) is 15.6. The number of Topliss-reactive ketones (excluding diaryl/α,β-unsaturated/α-hetero) is 2. The van der Waals surface area contributed by atoms with Crippen LogP contribution in [0.3, 0.4) is 0 Å². The lowest BCUT2D eigenvalue weighted by molar-refractivity contribution is -0.143. The van der Waals surface area contributed by atoms with Crippen molar-refractivity contribution in [3.63, 3.8) is 0 Å². The third-order valence-electron chi connectivity index (χ3n) is 6.51. The van der Waals surface area contributed by atoms with Gasteiger partial charge in [0.25, 0.3) is 0 Å². The molecule has 0 N–H and O–H groups in total. The first-order valence-electron chi connectivity index (χ1n) is 8.59. The van der Waals surface area contributed by atoms with Crippen molar-refractivity contribution in [1.29, 1.82) is 0 Å². The average molecular weight is 300 g/mol. The number of ketones is 2. The van der Waals surface area contributed by atoms with Crippen LogP contribution >= 0.6 is 0 Å². The molecule has 3 fully saturated rings. The molecule has 4 aliphatic rings. The van der Waals surface area contributed by atoms with Gasteiger partial charge in [-0.1, -0.05) is 19.9 Å². The third-order valence-corrected chi connectivity index (χ3v) is 6.51. The van der Waals surface area contributed by atoms with E-state index < -0.39 is 0 Å². The molecule has 0 bridgehead atoms. The number of hydrogen-bond acceptors (Lipinski definition) is 3. The van der Waals surface area contributed by atoms with Crippen LogP contribution in [0.5, 0.6) is 0 Å². The van der Waals surface area contributed by atoms with Crippen LogP contribution in [0, 0.1) is 17.3 Å². The van der Waals surface area contributed by atoms with E-state index in [4.69, 9.17) is 4.74 Å². The van der Waals surface area contributed by atoms with Gasteiger partial charge in [-0.05, 0) is 50.2 Å². The van der Waals surface area contributed by atoms with Gasteiger partial charge in [0, 0.05) is 16.9 Å². The summed E-state index contributed by atoms with van der Waals surface area (Å²) in [5, 5.41) is 0. The van der Waals surface area contributed by atoms with E-state index in [0.717, 1.165) is 31.3 Å². The Balaban J connectivity index is 1.82. The Labute approximate surface area is 131 Å². The van der Waals surface area contributed by atoms with E-state index in [9.17, 15) is 9.59 Å². The highest BCUT2D eigenvalue weighted by Crippen LogP contribution is 2.53. The maximum Gasteiger partial charge on any atom is 0.225 e. The lowest BCUT2D eigenvalue weighted by Gasteiger charge is -2.40. The monoisotopic (exact) mass is 300 g/mol. The summed E-state index contributed by atoms with van der Waals surface area (Å²) in [6.07, 6.45) is 7.40. The van der Waals surface area contributed by atoms with Crippen molar-refractivity contribution in [3.05, 3.63) is 22.8 Å². The summed E-state index contributed by atoms with van der Waals surface area (Å²) in [5.74, 6) is -0.594. The van der Waals surface area contributed by atoms with E-state index in [1.54, 1.807) is 0 Å². The minimum Gasteiger partial charge on any atom is -0.373 e. The molecule has 118 valence electrons. The normalized spacial score (nSPS) is 40.0. The van der Waals surface area contributed by atoms with Gasteiger partial charge in [-0.3, -0.25) is 9.59 Å². The van der Waals surface area contributed by atoms with Crippen molar-refractivity contribution in [2.75, 3.05) is 0 Å². The average Bonchev–Trinajstić information content (AvgIpc) is 2.74. The first kappa shape index (κ1) is 14.4. The fraction of sp³-hybridized carbons (Fsp3) is 0.684. The predicted octanol–water partition coefficient (Wildman–Crippen LogP) is 3.38. The maximum absolute atomic E-state index is 12.9. The van der Waals surface area contributed by atoms with Gasteiger partial charge < -0.3 is 4.74 Å². The molecule has 4 unspecified atom stereocenters. The highest BCUT2D eigenvalue weighted by molar-refractivity contribution is 6.45. The predicted molar refractivity (Wildman–Crippen MR) is 83.3 cm³/mol. The van der Waals surface area contributed by atoms with Crippen LogP contribution in [-0.2, 0) is 14.3 Å². The van der Waals surface area contributed by atoms with Gasteiger partial charge in [0.1, 0.15) is 0 Å². The van der Waals surface area contributed by atoms with Crippen LogP contribution in [-0.4, -0.2) is 23.8 Å². The summed E-state index contributed by atoms with van der Waals surface area (Å²) in [5.41, 5.74) is 3.06. The van der Waals surface area contributed by atoms with E-state index in [1.165, 1.54) is 17.6 Å². The molecular weight excluding hydrogens is 276 g/mol. The molecule has 3 aliphatic carbocycles. The van der Waals surface area contributed by atoms with Gasteiger partial charge in [-0.15, -0.1) is 0 Å². The molecule has 3 heteroatoms. The molecule has 0 amide bonds. The van der Waals surface area contributed by atoms with E-state index in [0.29, 0.717) is 0 Å². The zero-order valence-electron chi connectivity index (χ0n) is 13.6. The SMILES string of the molecule is CC1OC2C3CC=C4CCCCC4=C3C(=O)C(=O)C2C1(C)C. The van der Waals surface area contributed by atoms with Crippen molar-refractivity contribution in [3.8, 4) is 0 Å². The number of allylic oxidation sites excluding steroid dienone is 3. The molecule has 4 rings (SSSR count). The molecule has 2 saturated carbocycles. The molecule has 0 aromatic heterocycles. The summed E-state index contributed by atoms with van der Waals surface area (Å²) in [6, 6.07) is 0. The first-order chi connectivity index (χ1) is 10.4. The number of carbonyl (C=O) groups is 2. The molecule has 1 aliphatic heterocycles. The van der Waals surface area contributed by atoms with E-state index >= 15 is 0 Å². The van der Waals surface area contributed by atoms with E-state index in [1.807, 2.05) is 6.92 Å². The van der Waals surface area contributed by atoms with Gasteiger partial charge >= 0.3 is 0 Å². The molecule has 3 nitrogen and oxygen atoms in total. The van der Waals surface area contributed by atoms with Crippen LogP contribution in [0.2, 0.25) is 0 Å². The molecule has 0 aromatic carbocycles. The number of rotatable bonds is 0. The second kappa shape index (κ2) is 4.64. The smallest absolute Gasteiger partial charge is 0.225 e. The van der Waals surface area contributed by atoms with Crippen molar-refractivity contribution >= 4 is 11.6 Å². The Bertz CT molecular complexity index is 623. The molecule has 4 atom stereocenters. The molecule has 1 heterocycles. The lowest BCUT2D eigenvalue weighted by Crippen LogP contribution is -2.49. The van der Waals surface area contributed by atoms with Gasteiger partial charge in [0.2, 0.25) is 11.6 Å². The maximum atomic E-state index is 12.9. The summed E-state index contributed by atoms with van der Waals surface area (Å²) in [7, 11) is 0. The summed E-state index contributed by atoms with van der Waals surface area (Å²) < 4.78 is 6.21. The Morgan fingerprint density at radius 1 is 1.18 bits per heavy atom. The van der Waals surface area contributed by atoms with Gasteiger partial charge in [0.15, 0.2) is 0 Å².